The van der Waals surface area contributed by atoms with Crippen LogP contribution in [0.5, 0.6) is 0 Å². The van der Waals surface area contributed by atoms with Crippen LogP contribution in [0.15, 0.2) is 16.6 Å². The minimum atomic E-state index is -0.422. The average molecular weight is 342 g/mol. The van der Waals surface area contributed by atoms with Crippen molar-refractivity contribution in [3.63, 3.8) is 0 Å². The van der Waals surface area contributed by atoms with Gasteiger partial charge in [0.2, 0.25) is 0 Å². The Morgan fingerprint density at radius 1 is 1.20 bits per heavy atom. The van der Waals surface area contributed by atoms with Gasteiger partial charge >= 0.3 is 0 Å². The van der Waals surface area contributed by atoms with E-state index in [4.69, 9.17) is 0 Å². The van der Waals surface area contributed by atoms with Crippen LogP contribution in [-0.2, 0) is 5.41 Å². The van der Waals surface area contributed by atoms with Crippen molar-refractivity contribution >= 4 is 31.9 Å². The van der Waals surface area contributed by atoms with Crippen molar-refractivity contribution in [2.24, 2.45) is 0 Å². The summed E-state index contributed by atoms with van der Waals surface area (Å²) in [5, 5.41) is 0.761. The highest BCUT2D eigenvalue weighted by atomic mass is 79.9. The average Bonchev–Trinajstić information content (AvgIpc) is 2.11. The van der Waals surface area contributed by atoms with Crippen molar-refractivity contribution in [2.45, 2.75) is 25.7 Å². The summed E-state index contributed by atoms with van der Waals surface area (Å²) in [5.74, 6) is -0.789. The summed E-state index contributed by atoms with van der Waals surface area (Å²) in [6.45, 7) is 3.81. The third-order valence-corrected chi connectivity index (χ3v) is 3.46. The maximum atomic E-state index is 13.6. The summed E-state index contributed by atoms with van der Waals surface area (Å²) in [6.07, 6.45) is 0.755. The van der Waals surface area contributed by atoms with E-state index in [2.05, 4.69) is 31.9 Å². The minimum absolute atomic E-state index is 0.165. The lowest BCUT2D eigenvalue weighted by molar-refractivity contribution is 0.466. The van der Waals surface area contributed by atoms with E-state index in [1.165, 1.54) is 12.1 Å². The minimum Gasteiger partial charge on any atom is -0.207 e. The smallest absolute Gasteiger partial charge is 0.137 e. The normalized spacial score (nSPS) is 11.9. The van der Waals surface area contributed by atoms with E-state index < -0.39 is 5.82 Å². The standard InChI is InChI=1S/C11H12Br2F2/c1-11(2,3-4-12)7-5-10(15)8(13)6-9(7)14/h5-6H,3-4H2,1-2H3. The third kappa shape index (κ3) is 3.00. The van der Waals surface area contributed by atoms with Gasteiger partial charge in [0.15, 0.2) is 0 Å². The fraction of sp³-hybridized carbons (Fsp3) is 0.455. The number of hydrogen-bond acceptors (Lipinski definition) is 0. The zero-order chi connectivity index (χ0) is 11.6. The number of hydrogen-bond donors (Lipinski definition) is 0. The van der Waals surface area contributed by atoms with Crippen molar-refractivity contribution < 1.29 is 8.78 Å². The number of benzene rings is 1. The molecule has 4 heteroatoms. The SMILES string of the molecule is CC(C)(CCBr)c1cc(F)c(Br)cc1F. The Morgan fingerprint density at radius 2 is 1.80 bits per heavy atom. The van der Waals surface area contributed by atoms with Crippen molar-refractivity contribution in [3.05, 3.63) is 33.8 Å². The molecule has 0 aliphatic heterocycles. The van der Waals surface area contributed by atoms with E-state index in [0.29, 0.717) is 5.56 Å². The second-order valence-electron chi connectivity index (χ2n) is 4.07. The van der Waals surface area contributed by atoms with Gasteiger partial charge < -0.3 is 0 Å². The molecular weight excluding hydrogens is 330 g/mol. The van der Waals surface area contributed by atoms with E-state index >= 15 is 0 Å². The summed E-state index contributed by atoms with van der Waals surface area (Å²) >= 11 is 6.28. The molecule has 0 aliphatic carbocycles. The molecule has 0 aliphatic rings. The highest BCUT2D eigenvalue weighted by molar-refractivity contribution is 9.10. The fourth-order valence-electron chi connectivity index (χ4n) is 1.41. The van der Waals surface area contributed by atoms with Crippen LogP contribution in [0.25, 0.3) is 0 Å². The maximum absolute atomic E-state index is 13.6. The second-order valence-corrected chi connectivity index (χ2v) is 5.72. The first-order valence-electron chi connectivity index (χ1n) is 4.59. The lowest BCUT2D eigenvalue weighted by atomic mass is 9.82. The number of alkyl halides is 1. The molecule has 15 heavy (non-hydrogen) atoms. The van der Waals surface area contributed by atoms with Crippen LogP contribution in [-0.4, -0.2) is 5.33 Å². The molecular formula is C11H12Br2F2. The molecule has 0 N–H and O–H groups in total. The zero-order valence-electron chi connectivity index (χ0n) is 8.58. The molecule has 0 aromatic heterocycles. The largest absolute Gasteiger partial charge is 0.207 e. The van der Waals surface area contributed by atoms with Gasteiger partial charge in [0, 0.05) is 5.33 Å². The summed E-state index contributed by atoms with van der Waals surface area (Å²) in [4.78, 5) is 0. The second kappa shape index (κ2) is 4.91. The predicted molar refractivity (Wildman–Crippen MR) is 65.5 cm³/mol. The van der Waals surface area contributed by atoms with Gasteiger partial charge in [0.25, 0.3) is 0 Å². The molecule has 0 amide bonds. The maximum Gasteiger partial charge on any atom is 0.137 e. The Morgan fingerprint density at radius 3 is 2.33 bits per heavy atom. The fourth-order valence-corrected chi connectivity index (χ4v) is 2.72. The van der Waals surface area contributed by atoms with Crippen molar-refractivity contribution in [2.75, 3.05) is 5.33 Å². The van der Waals surface area contributed by atoms with E-state index in [9.17, 15) is 8.78 Å². The first kappa shape index (κ1) is 13.1. The molecule has 0 radical (unpaired) electrons. The molecule has 0 saturated heterocycles. The van der Waals surface area contributed by atoms with Crippen molar-refractivity contribution in [1.29, 1.82) is 0 Å². The number of rotatable bonds is 3. The first-order chi connectivity index (χ1) is 6.88. The molecule has 0 bridgehead atoms. The molecule has 0 spiro atoms. The molecule has 0 heterocycles. The van der Waals surface area contributed by atoms with Crippen LogP contribution < -0.4 is 0 Å². The molecule has 0 saturated carbocycles. The Bertz CT molecular complexity index is 362. The van der Waals surface area contributed by atoms with Gasteiger partial charge in [-0.3, -0.25) is 0 Å². The predicted octanol–water partition coefficient (Wildman–Crippen LogP) is 4.79. The zero-order valence-corrected chi connectivity index (χ0v) is 11.8. The van der Waals surface area contributed by atoms with E-state index in [-0.39, 0.29) is 15.7 Å². The topological polar surface area (TPSA) is 0 Å². The highest BCUT2D eigenvalue weighted by Crippen LogP contribution is 2.32. The van der Waals surface area contributed by atoms with Crippen LogP contribution in [0.4, 0.5) is 8.78 Å². The monoisotopic (exact) mass is 340 g/mol. The van der Waals surface area contributed by atoms with Gasteiger partial charge in [-0.05, 0) is 45.5 Å². The molecule has 84 valence electrons. The van der Waals surface area contributed by atoms with Crippen LogP contribution in [0.3, 0.4) is 0 Å². The Balaban J connectivity index is 3.19. The van der Waals surface area contributed by atoms with Crippen LogP contribution in [0.1, 0.15) is 25.8 Å². The highest BCUT2D eigenvalue weighted by Gasteiger charge is 2.24. The Kier molecular flexibility index (Phi) is 4.29. The molecule has 0 atom stereocenters. The quantitative estimate of drug-likeness (QED) is 0.547. The van der Waals surface area contributed by atoms with Gasteiger partial charge in [-0.25, -0.2) is 8.78 Å². The molecule has 1 aromatic carbocycles. The molecule has 1 aromatic rings. The summed E-state index contributed by atoms with van der Waals surface area (Å²) < 4.78 is 27.1. The molecule has 1 rings (SSSR count). The number of halogens is 4. The van der Waals surface area contributed by atoms with Gasteiger partial charge in [-0.15, -0.1) is 0 Å². The Hall–Kier alpha value is 0.0400. The van der Waals surface area contributed by atoms with Crippen LogP contribution in [0.2, 0.25) is 0 Å². The van der Waals surface area contributed by atoms with Crippen molar-refractivity contribution in [1.82, 2.24) is 0 Å². The van der Waals surface area contributed by atoms with Gasteiger partial charge in [0.1, 0.15) is 11.6 Å². The lowest BCUT2D eigenvalue weighted by Crippen LogP contribution is -2.20. The van der Waals surface area contributed by atoms with E-state index in [1.54, 1.807) is 0 Å². The Labute approximate surface area is 105 Å². The van der Waals surface area contributed by atoms with Crippen LogP contribution in [0, 0.1) is 11.6 Å². The lowest BCUT2D eigenvalue weighted by Gasteiger charge is -2.25. The molecule has 0 unspecified atom stereocenters. The molecule has 0 nitrogen and oxygen atoms in total. The van der Waals surface area contributed by atoms with E-state index in [0.717, 1.165) is 11.8 Å². The third-order valence-electron chi connectivity index (χ3n) is 2.46. The molecule has 0 fully saturated rings. The summed E-state index contributed by atoms with van der Waals surface area (Å²) in [5.41, 5.74) is 0.0532. The van der Waals surface area contributed by atoms with Gasteiger partial charge in [-0.1, -0.05) is 29.8 Å². The van der Waals surface area contributed by atoms with E-state index in [1.807, 2.05) is 13.8 Å². The first-order valence-corrected chi connectivity index (χ1v) is 6.51. The van der Waals surface area contributed by atoms with Crippen molar-refractivity contribution in [3.8, 4) is 0 Å². The van der Waals surface area contributed by atoms with Gasteiger partial charge in [0.05, 0.1) is 4.47 Å². The summed E-state index contributed by atoms with van der Waals surface area (Å²) in [6, 6.07) is 2.45. The summed E-state index contributed by atoms with van der Waals surface area (Å²) in [7, 11) is 0. The van der Waals surface area contributed by atoms with Crippen LogP contribution >= 0.6 is 31.9 Å². The van der Waals surface area contributed by atoms with Gasteiger partial charge in [-0.2, -0.15) is 0 Å².